The lowest BCUT2D eigenvalue weighted by atomic mass is 10.0. The van der Waals surface area contributed by atoms with Crippen molar-refractivity contribution in [2.45, 2.75) is 20.4 Å². The van der Waals surface area contributed by atoms with E-state index in [1.165, 1.54) is 12.1 Å². The number of aromatic nitrogens is 1. The highest BCUT2D eigenvalue weighted by Gasteiger charge is 2.19. The van der Waals surface area contributed by atoms with Gasteiger partial charge in [-0.25, -0.2) is 9.18 Å². The first-order valence-electron chi connectivity index (χ1n) is 12.7. The van der Waals surface area contributed by atoms with Gasteiger partial charge in [0.05, 0.1) is 0 Å². The van der Waals surface area contributed by atoms with Crippen LogP contribution < -0.4 is 9.47 Å². The summed E-state index contributed by atoms with van der Waals surface area (Å²) in [6, 6.07) is 29.7. The number of nitrogens with zero attached hydrogens (tertiary/aromatic N) is 2. The second-order valence-corrected chi connectivity index (χ2v) is 8.92. The van der Waals surface area contributed by atoms with Crippen LogP contribution in [0.2, 0.25) is 0 Å². The maximum absolute atomic E-state index is 13.7. The summed E-state index contributed by atoms with van der Waals surface area (Å²) >= 11 is 0. The SMILES string of the molecule is CCN(CC)C(=O)Oc1ccc2c(ccn2Cc2cccc(Oc3ccccc3)c2)c1-c1ccc(F)cc1. The second kappa shape index (κ2) is 11.2. The fraction of sp³-hybridized carbons (Fsp3) is 0.156. The van der Waals surface area contributed by atoms with Crippen LogP contribution in [0.5, 0.6) is 17.2 Å². The summed E-state index contributed by atoms with van der Waals surface area (Å²) in [5, 5.41) is 0.915. The van der Waals surface area contributed by atoms with E-state index in [9.17, 15) is 9.18 Å². The number of hydrogen-bond acceptors (Lipinski definition) is 3. The molecule has 1 amide bonds. The fourth-order valence-electron chi connectivity index (χ4n) is 4.56. The molecule has 5 aromatic rings. The Bertz CT molecular complexity index is 1540. The Kier molecular flexibility index (Phi) is 7.40. The minimum absolute atomic E-state index is 0.321. The molecule has 6 heteroatoms. The van der Waals surface area contributed by atoms with E-state index >= 15 is 0 Å². The number of benzene rings is 4. The third-order valence-corrected chi connectivity index (χ3v) is 6.50. The summed E-state index contributed by atoms with van der Waals surface area (Å²) in [5.74, 6) is 1.67. The molecule has 1 aromatic heterocycles. The van der Waals surface area contributed by atoms with Crippen LogP contribution in [0.3, 0.4) is 0 Å². The summed E-state index contributed by atoms with van der Waals surface area (Å²) in [7, 11) is 0. The Morgan fingerprint density at radius 1 is 0.842 bits per heavy atom. The molecule has 0 N–H and O–H groups in total. The van der Waals surface area contributed by atoms with Crippen molar-refractivity contribution in [3.8, 4) is 28.4 Å². The summed E-state index contributed by atoms with van der Waals surface area (Å²) in [6.45, 7) is 5.54. The number of ether oxygens (including phenoxy) is 2. The molecule has 38 heavy (non-hydrogen) atoms. The first-order valence-corrected chi connectivity index (χ1v) is 12.7. The highest BCUT2D eigenvalue weighted by molar-refractivity contribution is 5.99. The number of halogens is 1. The number of carbonyl (C=O) groups is 1. The summed E-state index contributed by atoms with van der Waals surface area (Å²) in [6.07, 6.45) is 1.60. The number of fused-ring (bicyclic) bond motifs is 1. The zero-order chi connectivity index (χ0) is 26.5. The first-order chi connectivity index (χ1) is 18.6. The molecule has 0 aliphatic carbocycles. The topological polar surface area (TPSA) is 43.7 Å². The Morgan fingerprint density at radius 2 is 1.58 bits per heavy atom. The van der Waals surface area contributed by atoms with Gasteiger partial charge in [-0.3, -0.25) is 0 Å². The maximum Gasteiger partial charge on any atom is 0.415 e. The molecule has 192 valence electrons. The van der Waals surface area contributed by atoms with Crippen LogP contribution in [0.25, 0.3) is 22.0 Å². The van der Waals surface area contributed by atoms with Crippen LogP contribution in [0.1, 0.15) is 19.4 Å². The lowest BCUT2D eigenvalue weighted by Gasteiger charge is -2.20. The summed E-state index contributed by atoms with van der Waals surface area (Å²) < 4.78 is 27.7. The van der Waals surface area contributed by atoms with Gasteiger partial charge in [-0.2, -0.15) is 0 Å². The first kappa shape index (κ1) is 25.1. The molecule has 0 radical (unpaired) electrons. The Morgan fingerprint density at radius 3 is 2.32 bits per heavy atom. The van der Waals surface area contributed by atoms with Gasteiger partial charge in [0.1, 0.15) is 23.1 Å². The van der Waals surface area contributed by atoms with Crippen LogP contribution in [0.15, 0.2) is 103 Å². The van der Waals surface area contributed by atoms with Gasteiger partial charge in [0.2, 0.25) is 0 Å². The predicted octanol–water partition coefficient (Wildman–Crippen LogP) is 8.13. The monoisotopic (exact) mass is 508 g/mol. The van der Waals surface area contributed by atoms with Crippen molar-refractivity contribution in [2.24, 2.45) is 0 Å². The standard InChI is InChI=1S/C32H29FN2O3/c1-3-34(4-2)32(36)38-30-18-17-29-28(31(30)24-13-15-25(33)16-14-24)19-20-35(29)22-23-9-8-12-27(21-23)37-26-10-6-5-7-11-26/h5-21H,3-4,22H2,1-2H3. The fourth-order valence-corrected chi connectivity index (χ4v) is 4.56. The van der Waals surface area contributed by atoms with Crippen molar-refractivity contribution in [2.75, 3.05) is 13.1 Å². The number of hydrogen-bond donors (Lipinski definition) is 0. The lowest BCUT2D eigenvalue weighted by molar-refractivity contribution is 0.157. The van der Waals surface area contributed by atoms with Crippen molar-refractivity contribution in [1.29, 1.82) is 0 Å². The lowest BCUT2D eigenvalue weighted by Crippen LogP contribution is -2.33. The smallest absolute Gasteiger partial charge is 0.415 e. The average Bonchev–Trinajstić information content (AvgIpc) is 3.33. The molecule has 5 rings (SSSR count). The largest absolute Gasteiger partial charge is 0.457 e. The van der Waals surface area contributed by atoms with Crippen LogP contribution in [-0.4, -0.2) is 28.6 Å². The van der Waals surface area contributed by atoms with Gasteiger partial charge < -0.3 is 18.9 Å². The number of rotatable bonds is 8. The molecule has 0 atom stereocenters. The average molecular weight is 509 g/mol. The quantitative estimate of drug-likeness (QED) is 0.213. The number of amides is 1. The minimum Gasteiger partial charge on any atom is -0.457 e. The molecule has 0 unspecified atom stereocenters. The van der Waals surface area contributed by atoms with Crippen LogP contribution in [0.4, 0.5) is 9.18 Å². The second-order valence-electron chi connectivity index (χ2n) is 8.92. The maximum atomic E-state index is 13.7. The van der Waals surface area contributed by atoms with Crippen molar-refractivity contribution in [1.82, 2.24) is 9.47 Å². The molecule has 0 spiro atoms. The van der Waals surface area contributed by atoms with E-state index in [0.29, 0.717) is 25.4 Å². The Balaban J connectivity index is 1.50. The van der Waals surface area contributed by atoms with Crippen molar-refractivity contribution >= 4 is 17.0 Å². The molecular weight excluding hydrogens is 479 g/mol. The van der Waals surface area contributed by atoms with Crippen LogP contribution in [0, 0.1) is 5.82 Å². The molecule has 0 aliphatic heterocycles. The molecule has 4 aromatic carbocycles. The third kappa shape index (κ3) is 5.39. The van der Waals surface area contributed by atoms with E-state index in [-0.39, 0.29) is 5.82 Å². The Hall–Kier alpha value is -4.58. The third-order valence-electron chi connectivity index (χ3n) is 6.50. The van der Waals surface area contributed by atoms with Crippen molar-refractivity contribution in [3.63, 3.8) is 0 Å². The van der Waals surface area contributed by atoms with E-state index in [1.54, 1.807) is 17.0 Å². The zero-order valence-corrected chi connectivity index (χ0v) is 21.4. The molecule has 0 fully saturated rings. The van der Waals surface area contributed by atoms with Gasteiger partial charge in [0.25, 0.3) is 0 Å². The predicted molar refractivity (Wildman–Crippen MR) is 148 cm³/mol. The van der Waals surface area contributed by atoms with E-state index < -0.39 is 6.09 Å². The van der Waals surface area contributed by atoms with Crippen LogP contribution in [-0.2, 0) is 6.54 Å². The van der Waals surface area contributed by atoms with E-state index in [4.69, 9.17) is 9.47 Å². The molecule has 0 aliphatic rings. The van der Waals surface area contributed by atoms with E-state index in [1.807, 2.05) is 86.8 Å². The summed E-state index contributed by atoms with van der Waals surface area (Å²) in [4.78, 5) is 14.4. The minimum atomic E-state index is -0.410. The van der Waals surface area contributed by atoms with Crippen LogP contribution >= 0.6 is 0 Å². The number of para-hydroxylation sites is 1. The normalized spacial score (nSPS) is 10.9. The Labute approximate surface area is 221 Å². The molecular formula is C32H29FN2O3. The molecule has 0 saturated heterocycles. The zero-order valence-electron chi connectivity index (χ0n) is 21.4. The highest BCUT2D eigenvalue weighted by Crippen LogP contribution is 2.38. The molecule has 1 heterocycles. The van der Waals surface area contributed by atoms with Gasteiger partial charge in [0.15, 0.2) is 0 Å². The van der Waals surface area contributed by atoms with Gasteiger partial charge in [-0.15, -0.1) is 0 Å². The summed E-state index contributed by atoms with van der Waals surface area (Å²) in [5.41, 5.74) is 3.58. The van der Waals surface area contributed by atoms with Crippen molar-refractivity contribution < 1.29 is 18.7 Å². The molecule has 5 nitrogen and oxygen atoms in total. The van der Waals surface area contributed by atoms with E-state index in [0.717, 1.165) is 39.1 Å². The molecule has 0 bridgehead atoms. The van der Waals surface area contributed by atoms with Gasteiger partial charge in [-0.05, 0) is 79.6 Å². The van der Waals surface area contributed by atoms with Gasteiger partial charge in [-0.1, -0.05) is 42.5 Å². The van der Waals surface area contributed by atoms with Gasteiger partial charge in [0, 0.05) is 42.3 Å². The van der Waals surface area contributed by atoms with Crippen molar-refractivity contribution in [3.05, 3.63) is 115 Å². The highest BCUT2D eigenvalue weighted by atomic mass is 19.1. The van der Waals surface area contributed by atoms with Gasteiger partial charge >= 0.3 is 6.09 Å². The molecule has 0 saturated carbocycles. The van der Waals surface area contributed by atoms with E-state index in [2.05, 4.69) is 10.6 Å². The number of carbonyl (C=O) groups excluding carboxylic acids is 1.